The van der Waals surface area contributed by atoms with Crippen molar-refractivity contribution < 1.29 is 9.90 Å². The van der Waals surface area contributed by atoms with Crippen LogP contribution >= 0.6 is 23.2 Å². The summed E-state index contributed by atoms with van der Waals surface area (Å²) in [6.07, 6.45) is 1.63. The first-order valence-electron chi connectivity index (χ1n) is 5.48. The fourth-order valence-corrected chi connectivity index (χ4v) is 2.80. The van der Waals surface area contributed by atoms with Crippen LogP contribution in [-0.2, 0) is 11.3 Å². The Morgan fingerprint density at radius 1 is 1.35 bits per heavy atom. The molecule has 0 unspecified atom stereocenters. The van der Waals surface area contributed by atoms with E-state index in [1.165, 1.54) is 0 Å². The molecule has 2 rings (SSSR count). The van der Waals surface area contributed by atoms with Crippen molar-refractivity contribution in [1.29, 1.82) is 0 Å². The Balaban J connectivity index is 2.12. The Bertz CT molecular complexity index is 416. The van der Waals surface area contributed by atoms with Crippen molar-refractivity contribution in [3.05, 3.63) is 33.8 Å². The van der Waals surface area contributed by atoms with Gasteiger partial charge in [0, 0.05) is 16.6 Å². The number of nitrogens with zero attached hydrogens (tertiary/aromatic N) is 1. The smallest absolute Gasteiger partial charge is 0.320 e. The summed E-state index contributed by atoms with van der Waals surface area (Å²) in [5, 5.41) is 10.2. The summed E-state index contributed by atoms with van der Waals surface area (Å²) < 4.78 is 0. The highest BCUT2D eigenvalue weighted by atomic mass is 35.5. The third-order valence-electron chi connectivity index (χ3n) is 2.96. The summed E-state index contributed by atoms with van der Waals surface area (Å²) in [7, 11) is 0. The van der Waals surface area contributed by atoms with Gasteiger partial charge in [-0.2, -0.15) is 0 Å². The topological polar surface area (TPSA) is 40.5 Å². The summed E-state index contributed by atoms with van der Waals surface area (Å²) in [6.45, 7) is 1.39. The van der Waals surface area contributed by atoms with E-state index in [2.05, 4.69) is 0 Å². The first-order valence-corrected chi connectivity index (χ1v) is 6.23. The van der Waals surface area contributed by atoms with Crippen molar-refractivity contribution >= 4 is 29.2 Å². The molecule has 1 fully saturated rings. The third kappa shape index (κ3) is 3.12. The van der Waals surface area contributed by atoms with Gasteiger partial charge in [-0.25, -0.2) is 0 Å². The monoisotopic (exact) mass is 273 g/mol. The molecule has 92 valence electrons. The maximum atomic E-state index is 11.0. The van der Waals surface area contributed by atoms with Crippen molar-refractivity contribution in [2.75, 3.05) is 6.54 Å². The van der Waals surface area contributed by atoms with Crippen molar-refractivity contribution in [2.24, 2.45) is 0 Å². The maximum absolute atomic E-state index is 11.0. The Kier molecular flexibility index (Phi) is 3.92. The van der Waals surface area contributed by atoms with Crippen LogP contribution in [0.25, 0.3) is 0 Å². The maximum Gasteiger partial charge on any atom is 0.320 e. The molecule has 0 radical (unpaired) electrons. The number of benzene rings is 1. The molecule has 1 N–H and O–H groups in total. The van der Waals surface area contributed by atoms with Gasteiger partial charge in [-0.15, -0.1) is 0 Å². The number of aliphatic carboxylic acids is 1. The molecule has 0 saturated carbocycles. The molecule has 1 atom stereocenters. The Morgan fingerprint density at radius 2 is 2.00 bits per heavy atom. The average molecular weight is 274 g/mol. The molecule has 3 nitrogen and oxygen atoms in total. The van der Waals surface area contributed by atoms with Crippen LogP contribution in [0.15, 0.2) is 18.2 Å². The SMILES string of the molecule is O=C(O)[C@@H]1CCCN1Cc1cc(Cl)cc(Cl)c1. The van der Waals surface area contributed by atoms with Gasteiger partial charge >= 0.3 is 5.97 Å². The minimum absolute atomic E-state index is 0.382. The minimum atomic E-state index is -0.754. The number of halogens is 2. The molecule has 0 bridgehead atoms. The van der Waals surface area contributed by atoms with E-state index in [-0.39, 0.29) is 6.04 Å². The van der Waals surface area contributed by atoms with Gasteiger partial charge in [0.2, 0.25) is 0 Å². The third-order valence-corrected chi connectivity index (χ3v) is 3.39. The summed E-state index contributed by atoms with van der Waals surface area (Å²) in [5.41, 5.74) is 0.954. The van der Waals surface area contributed by atoms with E-state index in [0.717, 1.165) is 18.5 Å². The first kappa shape index (κ1) is 12.7. The summed E-state index contributed by atoms with van der Waals surface area (Å²) in [6, 6.07) is 4.94. The van der Waals surface area contributed by atoms with Crippen molar-refractivity contribution in [1.82, 2.24) is 4.90 Å². The molecule has 1 aliphatic heterocycles. The standard InChI is InChI=1S/C12H13Cl2NO2/c13-9-4-8(5-10(14)6-9)7-15-3-1-2-11(15)12(16)17/h4-6,11H,1-3,7H2,(H,16,17)/t11-/m0/s1. The van der Waals surface area contributed by atoms with Crippen LogP contribution in [0.2, 0.25) is 10.0 Å². The fraction of sp³-hybridized carbons (Fsp3) is 0.417. The van der Waals surface area contributed by atoms with Gasteiger partial charge in [0.25, 0.3) is 0 Å². The normalized spacial score (nSPS) is 20.7. The molecule has 0 amide bonds. The Morgan fingerprint density at radius 3 is 2.59 bits per heavy atom. The van der Waals surface area contributed by atoms with Crippen molar-refractivity contribution in [3.63, 3.8) is 0 Å². The van der Waals surface area contributed by atoms with E-state index in [0.29, 0.717) is 23.0 Å². The van der Waals surface area contributed by atoms with E-state index in [9.17, 15) is 4.79 Å². The highest BCUT2D eigenvalue weighted by molar-refractivity contribution is 6.34. The second-order valence-corrected chi connectivity index (χ2v) is 5.12. The van der Waals surface area contributed by atoms with Crippen LogP contribution in [0.1, 0.15) is 18.4 Å². The molecular formula is C12H13Cl2NO2. The Labute approximate surface area is 110 Å². The lowest BCUT2D eigenvalue weighted by atomic mass is 10.2. The van der Waals surface area contributed by atoms with Gasteiger partial charge in [0.1, 0.15) is 6.04 Å². The Hall–Kier alpha value is -0.770. The van der Waals surface area contributed by atoms with Crippen LogP contribution in [0, 0.1) is 0 Å². The predicted molar refractivity (Wildman–Crippen MR) is 67.5 cm³/mol. The molecule has 1 aromatic carbocycles. The number of carboxylic acid groups (broad SMARTS) is 1. The van der Waals surface area contributed by atoms with Crippen molar-refractivity contribution in [3.8, 4) is 0 Å². The molecule has 1 saturated heterocycles. The molecule has 0 spiro atoms. The molecule has 1 aromatic rings. The van der Waals surface area contributed by atoms with Gasteiger partial charge in [-0.05, 0) is 43.1 Å². The summed E-state index contributed by atoms with van der Waals surface area (Å²) in [4.78, 5) is 13.0. The number of rotatable bonds is 3. The van der Waals surface area contributed by atoms with Crippen molar-refractivity contribution in [2.45, 2.75) is 25.4 Å². The summed E-state index contributed by atoms with van der Waals surface area (Å²) in [5.74, 6) is -0.754. The summed E-state index contributed by atoms with van der Waals surface area (Å²) >= 11 is 11.8. The lowest BCUT2D eigenvalue weighted by molar-refractivity contribution is -0.142. The first-order chi connectivity index (χ1) is 8.06. The van der Waals surface area contributed by atoms with E-state index in [4.69, 9.17) is 28.3 Å². The van der Waals surface area contributed by atoms with Crippen LogP contribution in [0.3, 0.4) is 0 Å². The van der Waals surface area contributed by atoms with Crippen LogP contribution in [0.4, 0.5) is 0 Å². The van der Waals surface area contributed by atoms with Crippen LogP contribution in [0.5, 0.6) is 0 Å². The van der Waals surface area contributed by atoms with E-state index >= 15 is 0 Å². The number of carbonyl (C=O) groups is 1. The second kappa shape index (κ2) is 5.25. The van der Waals surface area contributed by atoms with E-state index in [1.807, 2.05) is 17.0 Å². The van der Waals surface area contributed by atoms with Gasteiger partial charge in [-0.1, -0.05) is 23.2 Å². The van der Waals surface area contributed by atoms with Gasteiger partial charge < -0.3 is 5.11 Å². The lowest BCUT2D eigenvalue weighted by Crippen LogP contribution is -2.35. The van der Waals surface area contributed by atoms with Crippen LogP contribution < -0.4 is 0 Å². The molecule has 0 aliphatic carbocycles. The van der Waals surface area contributed by atoms with E-state index in [1.54, 1.807) is 6.07 Å². The average Bonchev–Trinajstić information content (AvgIpc) is 2.63. The highest BCUT2D eigenvalue weighted by Crippen LogP contribution is 2.24. The molecule has 5 heteroatoms. The molecule has 0 aromatic heterocycles. The van der Waals surface area contributed by atoms with Gasteiger partial charge in [0.15, 0.2) is 0 Å². The molecular weight excluding hydrogens is 261 g/mol. The molecule has 1 aliphatic rings. The molecule has 17 heavy (non-hydrogen) atoms. The number of likely N-dealkylation sites (tertiary alicyclic amines) is 1. The second-order valence-electron chi connectivity index (χ2n) is 4.24. The highest BCUT2D eigenvalue weighted by Gasteiger charge is 2.30. The quantitative estimate of drug-likeness (QED) is 0.921. The van der Waals surface area contributed by atoms with E-state index < -0.39 is 5.97 Å². The number of hydrogen-bond donors (Lipinski definition) is 1. The number of carboxylic acids is 1. The largest absolute Gasteiger partial charge is 0.480 e. The lowest BCUT2D eigenvalue weighted by Gasteiger charge is -2.21. The number of hydrogen-bond acceptors (Lipinski definition) is 2. The van der Waals surface area contributed by atoms with Crippen LogP contribution in [-0.4, -0.2) is 28.6 Å². The zero-order valence-corrected chi connectivity index (χ0v) is 10.7. The van der Waals surface area contributed by atoms with Gasteiger partial charge in [0.05, 0.1) is 0 Å². The van der Waals surface area contributed by atoms with Gasteiger partial charge in [-0.3, -0.25) is 9.69 Å². The zero-order chi connectivity index (χ0) is 12.4. The zero-order valence-electron chi connectivity index (χ0n) is 9.20. The fourth-order valence-electron chi connectivity index (χ4n) is 2.23. The molecule has 1 heterocycles. The minimum Gasteiger partial charge on any atom is -0.480 e. The predicted octanol–water partition coefficient (Wildman–Crippen LogP) is 3.04.